The molecule has 1 aromatic heterocycles. The van der Waals surface area contributed by atoms with Crippen molar-refractivity contribution in [1.29, 1.82) is 0 Å². The van der Waals surface area contributed by atoms with Crippen LogP contribution < -0.4 is 19.6 Å². The van der Waals surface area contributed by atoms with Crippen LogP contribution in [0.5, 0.6) is 17.2 Å². The number of hydrogen-bond acceptors (Lipinski definition) is 6. The fraction of sp³-hybridized carbons (Fsp3) is 0.182. The minimum absolute atomic E-state index is 0.135. The maximum absolute atomic E-state index is 12.4. The number of rotatable bonds is 9. The van der Waals surface area contributed by atoms with Crippen molar-refractivity contribution in [1.82, 2.24) is 5.43 Å². The predicted molar refractivity (Wildman–Crippen MR) is 119 cm³/mol. The number of hydrazone groups is 1. The second-order valence-corrected chi connectivity index (χ2v) is 6.91. The van der Waals surface area contributed by atoms with Crippen LogP contribution in [0.2, 0.25) is 0 Å². The largest absolute Gasteiger partial charge is 0.493 e. The summed E-state index contributed by atoms with van der Waals surface area (Å²) in [5.41, 5.74) is 3.68. The Morgan fingerprint density at radius 3 is 2.83 bits per heavy atom. The zero-order valence-corrected chi connectivity index (χ0v) is 18.2. The van der Waals surface area contributed by atoms with E-state index in [0.717, 1.165) is 5.39 Å². The SMILES string of the molecule is C=CCOc1c(Br)cc(/C=N\NC(=O)c2cc3cccc(OC)c3o2)cc1OCC. The number of nitrogens with zero attached hydrogens (tertiary/aromatic N) is 1. The first-order valence-corrected chi connectivity index (χ1v) is 9.96. The third-order valence-corrected chi connectivity index (χ3v) is 4.60. The van der Waals surface area contributed by atoms with E-state index in [9.17, 15) is 4.79 Å². The number of nitrogens with one attached hydrogen (secondary N) is 1. The summed E-state index contributed by atoms with van der Waals surface area (Å²) >= 11 is 3.47. The normalized spacial score (nSPS) is 10.9. The topological polar surface area (TPSA) is 82.3 Å². The van der Waals surface area contributed by atoms with Crippen LogP contribution >= 0.6 is 15.9 Å². The molecule has 156 valence electrons. The molecule has 30 heavy (non-hydrogen) atoms. The molecule has 3 rings (SSSR count). The Hall–Kier alpha value is -3.26. The zero-order chi connectivity index (χ0) is 21.5. The number of amides is 1. The summed E-state index contributed by atoms with van der Waals surface area (Å²) in [4.78, 5) is 12.4. The first kappa shape index (κ1) is 21.4. The highest BCUT2D eigenvalue weighted by Gasteiger charge is 2.15. The van der Waals surface area contributed by atoms with Gasteiger partial charge in [0, 0.05) is 5.39 Å². The van der Waals surface area contributed by atoms with Gasteiger partial charge in [-0.3, -0.25) is 4.79 Å². The van der Waals surface area contributed by atoms with Gasteiger partial charge in [-0.05, 0) is 52.7 Å². The van der Waals surface area contributed by atoms with Crippen molar-refractivity contribution in [2.75, 3.05) is 20.3 Å². The Labute approximate surface area is 182 Å². The van der Waals surface area contributed by atoms with Crippen LogP contribution in [0, 0.1) is 0 Å². The summed E-state index contributed by atoms with van der Waals surface area (Å²) in [6.45, 7) is 6.36. The smallest absolute Gasteiger partial charge is 0.307 e. The lowest BCUT2D eigenvalue weighted by Crippen LogP contribution is -2.16. The lowest BCUT2D eigenvalue weighted by atomic mass is 10.2. The monoisotopic (exact) mass is 472 g/mol. The van der Waals surface area contributed by atoms with Gasteiger partial charge in [0.25, 0.3) is 0 Å². The summed E-state index contributed by atoms with van der Waals surface area (Å²) in [6.07, 6.45) is 3.16. The van der Waals surface area contributed by atoms with Crippen LogP contribution in [0.15, 0.2) is 63.0 Å². The van der Waals surface area contributed by atoms with Crippen LogP contribution in [0.3, 0.4) is 0 Å². The Kier molecular flexibility index (Phi) is 7.13. The lowest BCUT2D eigenvalue weighted by Gasteiger charge is -2.13. The lowest BCUT2D eigenvalue weighted by molar-refractivity contribution is 0.0929. The molecule has 0 saturated heterocycles. The predicted octanol–water partition coefficient (Wildman–Crippen LogP) is 4.93. The molecule has 0 aliphatic heterocycles. The minimum atomic E-state index is -0.473. The van der Waals surface area contributed by atoms with Crippen LogP contribution in [0.4, 0.5) is 0 Å². The molecule has 3 aromatic rings. The Morgan fingerprint density at radius 2 is 2.10 bits per heavy atom. The van der Waals surface area contributed by atoms with Gasteiger partial charge >= 0.3 is 5.91 Å². The molecule has 0 bridgehead atoms. The van der Waals surface area contributed by atoms with Gasteiger partial charge < -0.3 is 18.6 Å². The van der Waals surface area contributed by atoms with Crippen molar-refractivity contribution in [2.24, 2.45) is 5.10 Å². The van der Waals surface area contributed by atoms with E-state index in [1.165, 1.54) is 6.21 Å². The maximum atomic E-state index is 12.4. The molecular weight excluding hydrogens is 452 g/mol. The summed E-state index contributed by atoms with van der Waals surface area (Å²) in [5.74, 6) is 1.36. The number of carbonyl (C=O) groups is 1. The zero-order valence-electron chi connectivity index (χ0n) is 16.6. The van der Waals surface area contributed by atoms with Gasteiger partial charge in [-0.1, -0.05) is 24.8 Å². The van der Waals surface area contributed by atoms with E-state index < -0.39 is 5.91 Å². The third kappa shape index (κ3) is 4.83. The van der Waals surface area contributed by atoms with E-state index in [4.69, 9.17) is 18.6 Å². The first-order chi connectivity index (χ1) is 14.6. The Bertz CT molecular complexity index is 1090. The third-order valence-electron chi connectivity index (χ3n) is 4.01. The molecule has 0 radical (unpaired) electrons. The van der Waals surface area contributed by atoms with Gasteiger partial charge in [0.1, 0.15) is 6.61 Å². The van der Waals surface area contributed by atoms with Gasteiger partial charge in [-0.15, -0.1) is 0 Å². The summed E-state index contributed by atoms with van der Waals surface area (Å²) < 4.78 is 22.9. The van der Waals surface area contributed by atoms with E-state index >= 15 is 0 Å². The van der Waals surface area contributed by atoms with Crippen LogP contribution in [0.25, 0.3) is 11.0 Å². The van der Waals surface area contributed by atoms with E-state index in [2.05, 4.69) is 33.0 Å². The quantitative estimate of drug-likeness (QED) is 0.271. The van der Waals surface area contributed by atoms with Crippen molar-refractivity contribution in [3.63, 3.8) is 0 Å². The number of methoxy groups -OCH3 is 1. The van der Waals surface area contributed by atoms with E-state index in [1.54, 1.807) is 31.4 Å². The highest BCUT2D eigenvalue weighted by atomic mass is 79.9. The molecule has 0 saturated carbocycles. The fourth-order valence-electron chi connectivity index (χ4n) is 2.74. The number of fused-ring (bicyclic) bond motifs is 1. The van der Waals surface area contributed by atoms with Crippen molar-refractivity contribution in [2.45, 2.75) is 6.92 Å². The van der Waals surface area contributed by atoms with E-state index in [0.29, 0.717) is 46.1 Å². The number of halogens is 1. The average Bonchev–Trinajstić information content (AvgIpc) is 3.18. The van der Waals surface area contributed by atoms with Gasteiger partial charge in [0.05, 0.1) is 24.4 Å². The van der Waals surface area contributed by atoms with Gasteiger partial charge in [0.2, 0.25) is 0 Å². The van der Waals surface area contributed by atoms with E-state index in [1.807, 2.05) is 25.1 Å². The molecule has 0 aliphatic rings. The average molecular weight is 473 g/mol. The number of para-hydroxylation sites is 1. The van der Waals surface area contributed by atoms with Gasteiger partial charge in [-0.25, -0.2) is 5.43 Å². The molecular formula is C22H21BrN2O5. The van der Waals surface area contributed by atoms with Crippen LogP contribution in [-0.4, -0.2) is 32.4 Å². The standard InChI is InChI=1S/C22H21BrN2O5/c1-4-9-29-21-16(23)10-14(11-18(21)28-5-2)13-24-25-22(26)19-12-15-7-6-8-17(27-3)20(15)30-19/h4,6-8,10-13H,1,5,9H2,2-3H3,(H,25,26)/b24-13-. The van der Waals surface area contributed by atoms with Crippen LogP contribution in [-0.2, 0) is 0 Å². The number of carbonyl (C=O) groups excluding carboxylic acids is 1. The molecule has 0 spiro atoms. The molecule has 7 nitrogen and oxygen atoms in total. The molecule has 1 amide bonds. The number of ether oxygens (including phenoxy) is 3. The molecule has 1 N–H and O–H groups in total. The number of benzene rings is 2. The molecule has 1 heterocycles. The highest BCUT2D eigenvalue weighted by molar-refractivity contribution is 9.10. The highest BCUT2D eigenvalue weighted by Crippen LogP contribution is 2.36. The van der Waals surface area contributed by atoms with Crippen molar-refractivity contribution < 1.29 is 23.4 Å². The fourth-order valence-corrected chi connectivity index (χ4v) is 3.31. The minimum Gasteiger partial charge on any atom is -0.493 e. The first-order valence-electron chi connectivity index (χ1n) is 9.17. The number of hydrogen-bond donors (Lipinski definition) is 1. The number of furan rings is 1. The Balaban J connectivity index is 1.76. The van der Waals surface area contributed by atoms with Gasteiger partial charge in [-0.2, -0.15) is 5.10 Å². The van der Waals surface area contributed by atoms with E-state index in [-0.39, 0.29) is 5.76 Å². The summed E-state index contributed by atoms with van der Waals surface area (Å²) in [6, 6.07) is 10.6. The molecule has 0 unspecified atom stereocenters. The van der Waals surface area contributed by atoms with Crippen molar-refractivity contribution in [3.8, 4) is 17.2 Å². The maximum Gasteiger partial charge on any atom is 0.307 e. The molecule has 8 heteroatoms. The molecule has 0 atom stereocenters. The molecule has 2 aromatic carbocycles. The van der Waals surface area contributed by atoms with Crippen LogP contribution in [0.1, 0.15) is 23.0 Å². The second kappa shape index (κ2) is 9.98. The second-order valence-electron chi connectivity index (χ2n) is 6.05. The van der Waals surface area contributed by atoms with Gasteiger partial charge in [0.15, 0.2) is 28.6 Å². The van der Waals surface area contributed by atoms with Crippen molar-refractivity contribution in [3.05, 3.63) is 64.8 Å². The molecule has 0 aliphatic carbocycles. The Morgan fingerprint density at radius 1 is 1.27 bits per heavy atom. The van der Waals surface area contributed by atoms with Crippen molar-refractivity contribution >= 4 is 39.0 Å². The summed E-state index contributed by atoms with van der Waals surface area (Å²) in [7, 11) is 1.55. The summed E-state index contributed by atoms with van der Waals surface area (Å²) in [5, 5.41) is 4.78. The molecule has 0 fully saturated rings.